The number of alkyl halides is 2. The fraction of sp³-hybridized carbons (Fsp3) is 0.556. The van der Waals surface area contributed by atoms with Gasteiger partial charge in [0.25, 0.3) is 0 Å². The van der Waals surface area contributed by atoms with E-state index in [9.17, 15) is 13.6 Å². The summed E-state index contributed by atoms with van der Waals surface area (Å²) >= 11 is 3.08. The van der Waals surface area contributed by atoms with Gasteiger partial charge in [0.15, 0.2) is 5.13 Å². The van der Waals surface area contributed by atoms with E-state index < -0.39 is 11.9 Å². The van der Waals surface area contributed by atoms with Gasteiger partial charge < -0.3 is 10.0 Å². The Kier molecular flexibility index (Phi) is 5.92. The molecule has 1 fully saturated rings. The minimum atomic E-state index is -2.61. The average Bonchev–Trinajstić information content (AvgIpc) is 3.19. The zero-order valence-corrected chi connectivity index (χ0v) is 16.2. The number of thiazole rings is 1. The topological polar surface area (TPSA) is 53.4 Å². The third kappa shape index (κ3) is 5.01. The van der Waals surface area contributed by atoms with Crippen molar-refractivity contribution in [2.24, 2.45) is 0 Å². The van der Waals surface area contributed by atoms with Gasteiger partial charge in [0.05, 0.1) is 18.7 Å². The highest BCUT2D eigenvalue weighted by molar-refractivity contribution is 7.14. The Morgan fingerprint density at radius 1 is 1.46 bits per heavy atom. The number of hydrogen-bond acceptors (Lipinski definition) is 5. The molecule has 26 heavy (non-hydrogen) atoms. The molecule has 0 bridgehead atoms. The molecule has 1 aliphatic rings. The number of rotatable bonds is 7. The van der Waals surface area contributed by atoms with Gasteiger partial charge >= 0.3 is 5.97 Å². The SMILES string of the molecule is Cc1ccc(CN(CCC(=O)O)c2nc(C3CCCC(F)(F)C3)cs2)s1. The summed E-state index contributed by atoms with van der Waals surface area (Å²) in [7, 11) is 0. The van der Waals surface area contributed by atoms with Gasteiger partial charge in [0, 0.05) is 40.4 Å². The van der Waals surface area contributed by atoms with Crippen molar-refractivity contribution < 1.29 is 18.7 Å². The van der Waals surface area contributed by atoms with Crippen LogP contribution in [0.4, 0.5) is 13.9 Å². The van der Waals surface area contributed by atoms with E-state index in [1.165, 1.54) is 16.2 Å². The van der Waals surface area contributed by atoms with E-state index in [1.807, 2.05) is 29.3 Å². The summed E-state index contributed by atoms with van der Waals surface area (Å²) in [6.45, 7) is 2.96. The first-order chi connectivity index (χ1) is 12.3. The molecule has 0 aromatic carbocycles. The molecular weight excluding hydrogens is 378 g/mol. The highest BCUT2D eigenvalue weighted by atomic mass is 32.1. The lowest BCUT2D eigenvalue weighted by Crippen LogP contribution is -2.26. The molecule has 0 aliphatic heterocycles. The molecule has 0 amide bonds. The molecule has 2 aromatic heterocycles. The van der Waals surface area contributed by atoms with Gasteiger partial charge in [-0.05, 0) is 31.9 Å². The Hall–Kier alpha value is -1.54. The Bertz CT molecular complexity index is 760. The van der Waals surface area contributed by atoms with Crippen molar-refractivity contribution in [1.82, 2.24) is 4.98 Å². The number of nitrogens with zero attached hydrogens (tertiary/aromatic N) is 2. The van der Waals surface area contributed by atoms with Crippen LogP contribution in [0, 0.1) is 6.92 Å². The first kappa shape index (κ1) is 19.2. The average molecular weight is 401 g/mol. The molecule has 0 spiro atoms. The maximum absolute atomic E-state index is 13.7. The molecule has 1 unspecified atom stereocenters. The molecule has 4 nitrogen and oxygen atoms in total. The Balaban J connectivity index is 1.75. The number of carboxylic acids is 1. The number of anilines is 1. The minimum absolute atomic E-state index is 0.0147. The van der Waals surface area contributed by atoms with E-state index in [0.29, 0.717) is 30.3 Å². The lowest BCUT2D eigenvalue weighted by molar-refractivity contribution is -0.136. The highest BCUT2D eigenvalue weighted by Gasteiger charge is 2.37. The van der Waals surface area contributed by atoms with Crippen molar-refractivity contribution in [1.29, 1.82) is 0 Å². The van der Waals surface area contributed by atoms with Crippen LogP contribution in [0.5, 0.6) is 0 Å². The summed E-state index contributed by atoms with van der Waals surface area (Å²) in [5.41, 5.74) is 0.715. The van der Waals surface area contributed by atoms with Crippen LogP contribution in [0.3, 0.4) is 0 Å². The molecule has 3 rings (SSSR count). The molecule has 8 heteroatoms. The van der Waals surface area contributed by atoms with E-state index in [2.05, 4.69) is 4.98 Å². The standard InChI is InChI=1S/C18H22F2N2O2S2/c1-12-4-5-14(26-12)10-22(8-6-16(23)24)17-21-15(11-25-17)13-3-2-7-18(19,20)9-13/h4-5,11,13H,2-3,6-10H2,1H3,(H,23,24). The monoisotopic (exact) mass is 400 g/mol. The Morgan fingerprint density at radius 3 is 2.92 bits per heavy atom. The maximum atomic E-state index is 13.7. The van der Waals surface area contributed by atoms with E-state index in [4.69, 9.17) is 5.11 Å². The fourth-order valence-corrected chi connectivity index (χ4v) is 5.10. The molecule has 0 radical (unpaired) electrons. The van der Waals surface area contributed by atoms with Crippen LogP contribution in [-0.4, -0.2) is 28.5 Å². The number of carboxylic acid groups (broad SMARTS) is 1. The van der Waals surface area contributed by atoms with Crippen LogP contribution >= 0.6 is 22.7 Å². The number of aliphatic carboxylic acids is 1. The number of aromatic nitrogens is 1. The summed E-state index contributed by atoms with van der Waals surface area (Å²) in [6, 6.07) is 4.07. The van der Waals surface area contributed by atoms with Gasteiger partial charge in [-0.25, -0.2) is 13.8 Å². The predicted molar refractivity (Wildman–Crippen MR) is 101 cm³/mol. The Morgan fingerprint density at radius 2 is 2.27 bits per heavy atom. The second kappa shape index (κ2) is 8.00. The van der Waals surface area contributed by atoms with Crippen molar-refractivity contribution in [2.75, 3.05) is 11.4 Å². The largest absolute Gasteiger partial charge is 0.481 e. The van der Waals surface area contributed by atoms with Gasteiger partial charge in [0.1, 0.15) is 0 Å². The lowest BCUT2D eigenvalue weighted by Gasteiger charge is -2.27. The van der Waals surface area contributed by atoms with Crippen molar-refractivity contribution in [3.63, 3.8) is 0 Å². The molecule has 0 saturated heterocycles. The van der Waals surface area contributed by atoms with Crippen LogP contribution in [0.15, 0.2) is 17.5 Å². The minimum Gasteiger partial charge on any atom is -0.481 e. The molecule has 142 valence electrons. The van der Waals surface area contributed by atoms with Crippen LogP contribution in [0.25, 0.3) is 0 Å². The fourth-order valence-electron chi connectivity index (χ4n) is 3.26. The number of hydrogen-bond donors (Lipinski definition) is 1. The zero-order chi connectivity index (χ0) is 18.7. The van der Waals surface area contributed by atoms with Crippen LogP contribution in [-0.2, 0) is 11.3 Å². The quantitative estimate of drug-likeness (QED) is 0.686. The number of carbonyl (C=O) groups is 1. The van der Waals surface area contributed by atoms with Crippen LogP contribution in [0.2, 0.25) is 0 Å². The summed E-state index contributed by atoms with van der Waals surface area (Å²) < 4.78 is 27.4. The van der Waals surface area contributed by atoms with E-state index in [1.54, 1.807) is 11.3 Å². The summed E-state index contributed by atoms with van der Waals surface area (Å²) in [5, 5.41) is 11.6. The molecule has 2 aromatic rings. The molecule has 1 N–H and O–H groups in total. The second-order valence-corrected chi connectivity index (χ2v) is 8.99. The summed E-state index contributed by atoms with van der Waals surface area (Å²) in [4.78, 5) is 19.9. The van der Waals surface area contributed by atoms with Crippen molar-refractivity contribution in [3.05, 3.63) is 33.0 Å². The van der Waals surface area contributed by atoms with E-state index in [-0.39, 0.29) is 25.2 Å². The van der Waals surface area contributed by atoms with Crippen molar-refractivity contribution in [2.45, 2.75) is 57.4 Å². The van der Waals surface area contributed by atoms with Crippen molar-refractivity contribution >= 4 is 33.8 Å². The first-order valence-corrected chi connectivity index (χ1v) is 10.4. The smallest absolute Gasteiger partial charge is 0.305 e. The van der Waals surface area contributed by atoms with E-state index in [0.717, 1.165) is 11.3 Å². The van der Waals surface area contributed by atoms with Gasteiger partial charge in [-0.15, -0.1) is 22.7 Å². The second-order valence-electron chi connectivity index (χ2n) is 6.78. The zero-order valence-electron chi connectivity index (χ0n) is 14.6. The van der Waals surface area contributed by atoms with Gasteiger partial charge in [-0.3, -0.25) is 4.79 Å². The molecule has 1 aliphatic carbocycles. The van der Waals surface area contributed by atoms with Gasteiger partial charge in [-0.2, -0.15) is 0 Å². The molecule has 1 atom stereocenters. The third-order valence-corrected chi connectivity index (χ3v) is 6.48. The summed E-state index contributed by atoms with van der Waals surface area (Å²) in [5.74, 6) is -3.68. The molecular formula is C18H22F2N2O2S2. The number of aryl methyl sites for hydroxylation is 1. The highest BCUT2D eigenvalue weighted by Crippen LogP contribution is 2.42. The molecule has 2 heterocycles. The van der Waals surface area contributed by atoms with Crippen molar-refractivity contribution in [3.8, 4) is 0 Å². The number of thiophene rings is 1. The normalized spacial score (nSPS) is 19.4. The molecule has 1 saturated carbocycles. The number of halogens is 2. The van der Waals surface area contributed by atoms with Crippen LogP contribution < -0.4 is 4.90 Å². The maximum Gasteiger partial charge on any atom is 0.305 e. The predicted octanol–water partition coefficient (Wildman–Crippen LogP) is 5.29. The third-order valence-electron chi connectivity index (χ3n) is 4.58. The Labute approximate surface area is 159 Å². The van der Waals surface area contributed by atoms with Gasteiger partial charge in [-0.1, -0.05) is 0 Å². The van der Waals surface area contributed by atoms with E-state index >= 15 is 0 Å². The lowest BCUT2D eigenvalue weighted by atomic mass is 9.85. The van der Waals surface area contributed by atoms with Crippen LogP contribution in [0.1, 0.15) is 53.5 Å². The van der Waals surface area contributed by atoms with Gasteiger partial charge in [0.2, 0.25) is 5.92 Å². The summed E-state index contributed by atoms with van der Waals surface area (Å²) in [6.07, 6.45) is 1.08. The first-order valence-electron chi connectivity index (χ1n) is 8.68.